The van der Waals surface area contributed by atoms with E-state index in [0.29, 0.717) is 6.08 Å². The molecule has 0 fully saturated rings. The minimum atomic E-state index is -6.93. The van der Waals surface area contributed by atoms with Gasteiger partial charge in [0.05, 0.1) is 0 Å². The lowest BCUT2D eigenvalue weighted by molar-refractivity contribution is -0.393. The van der Waals surface area contributed by atoms with Crippen molar-refractivity contribution in [2.24, 2.45) is 4.99 Å². The Bertz CT molecular complexity index is 375. The Morgan fingerprint density at radius 1 is 1.00 bits per heavy atom. The van der Waals surface area contributed by atoms with Gasteiger partial charge in [-0.05, 0) is 0 Å². The molecule has 0 aromatic carbocycles. The van der Waals surface area contributed by atoms with Crippen LogP contribution in [0.1, 0.15) is 0 Å². The number of halogens is 9. The van der Waals surface area contributed by atoms with Crippen LogP contribution in [0.3, 0.4) is 0 Å². The van der Waals surface area contributed by atoms with E-state index in [-0.39, 0.29) is 0 Å². The van der Waals surface area contributed by atoms with Gasteiger partial charge in [0.1, 0.15) is 6.54 Å². The zero-order valence-electron chi connectivity index (χ0n) is 8.49. The van der Waals surface area contributed by atoms with Gasteiger partial charge in [0.2, 0.25) is 6.08 Å². The summed E-state index contributed by atoms with van der Waals surface area (Å²) < 4.78 is 112. The van der Waals surface area contributed by atoms with E-state index in [0.717, 1.165) is 0 Å². The summed E-state index contributed by atoms with van der Waals surface area (Å²) >= 11 is 0. The first-order valence-electron chi connectivity index (χ1n) is 4.12. The molecule has 0 bridgehead atoms. The lowest BCUT2D eigenvalue weighted by Gasteiger charge is -2.36. The highest BCUT2D eigenvalue weighted by molar-refractivity contribution is 5.33. The van der Waals surface area contributed by atoms with E-state index in [4.69, 9.17) is 5.11 Å². The number of nitrogens with zero attached hydrogens (tertiary/aromatic N) is 1. The number of aliphatic imine (C=N–C) groups is 1. The van der Waals surface area contributed by atoms with Crippen LogP contribution in [0.15, 0.2) is 4.99 Å². The van der Waals surface area contributed by atoms with Crippen LogP contribution in [-0.2, 0) is 4.79 Å². The molecule has 0 heterocycles. The Balaban J connectivity index is 5.68. The van der Waals surface area contributed by atoms with Crippen molar-refractivity contribution in [3.63, 3.8) is 0 Å². The van der Waals surface area contributed by atoms with Gasteiger partial charge in [-0.1, -0.05) is 0 Å². The van der Waals surface area contributed by atoms with Gasteiger partial charge < -0.3 is 5.11 Å². The standard InChI is InChI=1S/C7H4F9NO2/c8-3(9)5(11,12)7(15,16)6(13,14)4(10,19)1-17-2-18/h3,19H,1H2. The van der Waals surface area contributed by atoms with Crippen molar-refractivity contribution in [1.29, 1.82) is 0 Å². The van der Waals surface area contributed by atoms with Crippen molar-refractivity contribution < 1.29 is 49.4 Å². The van der Waals surface area contributed by atoms with Crippen LogP contribution in [0.2, 0.25) is 0 Å². The van der Waals surface area contributed by atoms with E-state index in [1.165, 1.54) is 0 Å². The maximum atomic E-state index is 12.8. The summed E-state index contributed by atoms with van der Waals surface area (Å²) in [5.74, 6) is -25.6. The third-order valence-corrected chi connectivity index (χ3v) is 1.92. The molecule has 0 aliphatic rings. The highest BCUT2D eigenvalue weighted by Gasteiger charge is 2.82. The fourth-order valence-corrected chi connectivity index (χ4v) is 0.823. The van der Waals surface area contributed by atoms with Crippen molar-refractivity contribution in [2.75, 3.05) is 6.54 Å². The number of aliphatic hydroxyl groups is 1. The van der Waals surface area contributed by atoms with Crippen molar-refractivity contribution in [3.05, 3.63) is 0 Å². The molecule has 0 aromatic rings. The molecule has 0 rings (SSSR count). The van der Waals surface area contributed by atoms with E-state index in [1.807, 2.05) is 4.99 Å². The van der Waals surface area contributed by atoms with Gasteiger partial charge in [-0.25, -0.2) is 18.0 Å². The molecule has 1 atom stereocenters. The summed E-state index contributed by atoms with van der Waals surface area (Å²) in [6, 6.07) is 0. The quantitative estimate of drug-likeness (QED) is 0.464. The van der Waals surface area contributed by atoms with E-state index >= 15 is 0 Å². The summed E-state index contributed by atoms with van der Waals surface area (Å²) in [6.45, 7) is -2.39. The molecular weight excluding hydrogens is 301 g/mol. The smallest absolute Gasteiger partial charge is 0.356 e. The Kier molecular flexibility index (Phi) is 4.66. The summed E-state index contributed by atoms with van der Waals surface area (Å²) in [5, 5.41) is 8.31. The van der Waals surface area contributed by atoms with Crippen LogP contribution >= 0.6 is 0 Å². The summed E-state index contributed by atoms with van der Waals surface area (Å²) in [4.78, 5) is 11.4. The largest absolute Gasteiger partial charge is 0.383 e. The molecule has 1 unspecified atom stereocenters. The van der Waals surface area contributed by atoms with Gasteiger partial charge >= 0.3 is 24.2 Å². The van der Waals surface area contributed by atoms with Gasteiger partial charge in [-0.3, -0.25) is 0 Å². The number of hydrogen-bond acceptors (Lipinski definition) is 3. The van der Waals surface area contributed by atoms with E-state index in [9.17, 15) is 44.3 Å². The second kappa shape index (κ2) is 5.00. The first-order chi connectivity index (χ1) is 8.25. The molecule has 0 amide bonds. The molecule has 0 aliphatic carbocycles. The number of isocyanates is 1. The molecular formula is C7H4F9NO2. The number of hydrogen-bond donors (Lipinski definition) is 1. The minimum Gasteiger partial charge on any atom is -0.356 e. The molecule has 1 N–H and O–H groups in total. The normalized spacial score (nSPS) is 17.0. The third kappa shape index (κ3) is 2.68. The number of carbonyl (C=O) groups excluding carboxylic acids is 1. The predicted molar refractivity (Wildman–Crippen MR) is 39.9 cm³/mol. The van der Waals surface area contributed by atoms with Gasteiger partial charge in [0.15, 0.2) is 0 Å². The first kappa shape index (κ1) is 17.7. The minimum absolute atomic E-state index is 0.370. The van der Waals surface area contributed by atoms with Crippen LogP contribution in [0.4, 0.5) is 39.5 Å². The second-order valence-electron chi connectivity index (χ2n) is 3.24. The fourth-order valence-electron chi connectivity index (χ4n) is 0.823. The van der Waals surface area contributed by atoms with Crippen LogP contribution in [-0.4, -0.2) is 47.8 Å². The maximum Gasteiger partial charge on any atom is 0.383 e. The second-order valence-corrected chi connectivity index (χ2v) is 3.24. The summed E-state index contributed by atoms with van der Waals surface area (Å²) in [7, 11) is 0. The SMILES string of the molecule is O=C=NCC(O)(F)C(F)(F)C(F)(F)C(F)(F)C(F)F. The zero-order chi connectivity index (χ0) is 15.7. The molecule has 0 aliphatic heterocycles. The van der Waals surface area contributed by atoms with Crippen molar-refractivity contribution in [2.45, 2.75) is 30.0 Å². The first-order valence-corrected chi connectivity index (χ1v) is 4.12. The van der Waals surface area contributed by atoms with Crippen molar-refractivity contribution in [1.82, 2.24) is 0 Å². The van der Waals surface area contributed by atoms with E-state index < -0.39 is 36.6 Å². The Labute approximate surface area is 98.3 Å². The monoisotopic (exact) mass is 305 g/mol. The molecule has 112 valence electrons. The molecule has 0 saturated heterocycles. The zero-order valence-corrected chi connectivity index (χ0v) is 8.49. The molecule has 0 aromatic heterocycles. The molecule has 0 saturated carbocycles. The maximum absolute atomic E-state index is 12.8. The average molecular weight is 305 g/mol. The van der Waals surface area contributed by atoms with Gasteiger partial charge in [0, 0.05) is 0 Å². The third-order valence-electron chi connectivity index (χ3n) is 1.92. The van der Waals surface area contributed by atoms with Gasteiger partial charge in [-0.2, -0.15) is 31.3 Å². The Morgan fingerprint density at radius 2 is 1.42 bits per heavy atom. The summed E-state index contributed by atoms with van der Waals surface area (Å²) in [6.07, 6.45) is -4.88. The topological polar surface area (TPSA) is 49.7 Å². The van der Waals surface area contributed by atoms with E-state index in [1.54, 1.807) is 0 Å². The Hall–Kier alpha value is -1.29. The van der Waals surface area contributed by atoms with Crippen LogP contribution in [0, 0.1) is 0 Å². The van der Waals surface area contributed by atoms with Crippen LogP contribution in [0.5, 0.6) is 0 Å². The van der Waals surface area contributed by atoms with Gasteiger partial charge in [-0.15, -0.1) is 0 Å². The molecule has 3 nitrogen and oxygen atoms in total. The lowest BCUT2D eigenvalue weighted by atomic mass is 9.98. The highest BCUT2D eigenvalue weighted by Crippen LogP contribution is 2.53. The predicted octanol–water partition coefficient (Wildman–Crippen LogP) is 2.15. The molecule has 19 heavy (non-hydrogen) atoms. The fraction of sp³-hybridized carbons (Fsp3) is 0.857. The number of alkyl halides is 9. The van der Waals surface area contributed by atoms with Crippen molar-refractivity contribution >= 4 is 6.08 Å². The van der Waals surface area contributed by atoms with Crippen LogP contribution < -0.4 is 0 Å². The van der Waals surface area contributed by atoms with Crippen LogP contribution in [0.25, 0.3) is 0 Å². The summed E-state index contributed by atoms with van der Waals surface area (Å²) in [5.41, 5.74) is 0. The molecule has 0 radical (unpaired) electrons. The number of rotatable bonds is 6. The van der Waals surface area contributed by atoms with Gasteiger partial charge in [0.25, 0.3) is 5.85 Å². The highest BCUT2D eigenvalue weighted by atomic mass is 19.4. The van der Waals surface area contributed by atoms with Crippen molar-refractivity contribution in [3.8, 4) is 0 Å². The Morgan fingerprint density at radius 3 is 1.74 bits per heavy atom. The van der Waals surface area contributed by atoms with E-state index in [2.05, 4.69) is 0 Å². The molecule has 12 heteroatoms. The lowest BCUT2D eigenvalue weighted by Crippen LogP contribution is -2.66. The average Bonchev–Trinajstić information content (AvgIpc) is 2.25. The molecule has 0 spiro atoms.